The summed E-state index contributed by atoms with van der Waals surface area (Å²) in [6.07, 6.45) is 3.57. The zero-order valence-corrected chi connectivity index (χ0v) is 12.1. The van der Waals surface area contributed by atoms with Gasteiger partial charge in [-0.15, -0.1) is 6.58 Å². The molecule has 3 heteroatoms. The lowest BCUT2D eigenvalue weighted by molar-refractivity contribution is 0.290. The summed E-state index contributed by atoms with van der Waals surface area (Å²) in [4.78, 5) is 0. The van der Waals surface area contributed by atoms with Crippen molar-refractivity contribution in [1.82, 2.24) is 5.32 Å². The van der Waals surface area contributed by atoms with Crippen LogP contribution in [0.2, 0.25) is 0 Å². The minimum absolute atomic E-state index is 0.00751. The van der Waals surface area contributed by atoms with Crippen molar-refractivity contribution in [3.05, 3.63) is 42.2 Å². The third-order valence-electron chi connectivity index (χ3n) is 2.66. The van der Waals surface area contributed by atoms with Crippen LogP contribution in [-0.4, -0.2) is 12.1 Å². The van der Waals surface area contributed by atoms with Crippen LogP contribution in [-0.2, 0) is 6.54 Å². The number of hydrogen-bond donors (Lipinski definition) is 1. The predicted molar refractivity (Wildman–Crippen MR) is 77.9 cm³/mol. The molecule has 0 aliphatic rings. The first-order valence-corrected chi connectivity index (χ1v) is 6.70. The van der Waals surface area contributed by atoms with Crippen LogP contribution in [0.3, 0.4) is 0 Å². The highest BCUT2D eigenvalue weighted by atomic mass is 19.1. The van der Waals surface area contributed by atoms with E-state index in [1.165, 1.54) is 6.07 Å². The molecule has 0 saturated carbocycles. The minimum Gasteiger partial charge on any atom is -0.490 e. The van der Waals surface area contributed by atoms with Crippen LogP contribution in [0.4, 0.5) is 4.39 Å². The molecule has 0 atom stereocenters. The van der Waals surface area contributed by atoms with Gasteiger partial charge in [0.25, 0.3) is 0 Å². The third-order valence-corrected chi connectivity index (χ3v) is 2.66. The van der Waals surface area contributed by atoms with E-state index in [0.29, 0.717) is 18.9 Å². The molecule has 0 radical (unpaired) electrons. The fourth-order valence-electron chi connectivity index (χ4n) is 1.62. The Kier molecular flexibility index (Phi) is 6.03. The molecule has 0 aliphatic heterocycles. The van der Waals surface area contributed by atoms with Crippen LogP contribution in [0, 0.1) is 5.82 Å². The van der Waals surface area contributed by atoms with Crippen LogP contribution < -0.4 is 10.1 Å². The molecular formula is C16H24FNO. The van der Waals surface area contributed by atoms with Gasteiger partial charge in [-0.25, -0.2) is 4.39 Å². The molecule has 0 aliphatic carbocycles. The zero-order chi connectivity index (χ0) is 14.3. The molecule has 2 nitrogen and oxygen atoms in total. The van der Waals surface area contributed by atoms with Crippen LogP contribution in [0.5, 0.6) is 5.75 Å². The molecule has 0 aromatic heterocycles. The van der Waals surface area contributed by atoms with Crippen LogP contribution in [0.1, 0.15) is 39.2 Å². The van der Waals surface area contributed by atoms with E-state index in [9.17, 15) is 4.39 Å². The second-order valence-corrected chi connectivity index (χ2v) is 5.61. The summed E-state index contributed by atoms with van der Waals surface area (Å²) in [7, 11) is 0. The zero-order valence-electron chi connectivity index (χ0n) is 12.1. The number of allylic oxidation sites excluding steroid dienone is 1. The summed E-state index contributed by atoms with van der Waals surface area (Å²) >= 11 is 0. The Morgan fingerprint density at radius 2 is 2.11 bits per heavy atom. The van der Waals surface area contributed by atoms with Crippen molar-refractivity contribution in [2.75, 3.05) is 6.61 Å². The molecule has 1 aromatic carbocycles. The highest BCUT2D eigenvalue weighted by molar-refractivity contribution is 5.35. The quantitative estimate of drug-likeness (QED) is 0.593. The monoisotopic (exact) mass is 265 g/mol. The maximum atomic E-state index is 13.8. The molecule has 0 unspecified atom stereocenters. The molecule has 1 rings (SSSR count). The Morgan fingerprint density at radius 1 is 1.37 bits per heavy atom. The normalized spacial score (nSPS) is 11.4. The first-order chi connectivity index (χ1) is 8.94. The number of benzene rings is 1. The van der Waals surface area contributed by atoms with E-state index in [-0.39, 0.29) is 11.4 Å². The maximum Gasteiger partial charge on any atom is 0.165 e. The number of unbranched alkanes of at least 4 members (excludes halogenated alkanes) is 1. The van der Waals surface area contributed by atoms with Gasteiger partial charge in [-0.3, -0.25) is 0 Å². The van der Waals surface area contributed by atoms with E-state index in [0.717, 1.165) is 18.4 Å². The minimum atomic E-state index is -0.299. The molecule has 1 N–H and O–H groups in total. The smallest absolute Gasteiger partial charge is 0.165 e. The van der Waals surface area contributed by atoms with Crippen molar-refractivity contribution >= 4 is 0 Å². The van der Waals surface area contributed by atoms with Gasteiger partial charge in [0, 0.05) is 17.6 Å². The van der Waals surface area contributed by atoms with Crippen molar-refractivity contribution in [3.63, 3.8) is 0 Å². The van der Waals surface area contributed by atoms with Crippen molar-refractivity contribution in [3.8, 4) is 5.75 Å². The van der Waals surface area contributed by atoms with Gasteiger partial charge in [0.1, 0.15) is 0 Å². The molecule has 0 bridgehead atoms. The van der Waals surface area contributed by atoms with E-state index >= 15 is 0 Å². The van der Waals surface area contributed by atoms with Crippen LogP contribution in [0.15, 0.2) is 30.9 Å². The highest BCUT2D eigenvalue weighted by Crippen LogP contribution is 2.23. The number of halogens is 1. The van der Waals surface area contributed by atoms with Gasteiger partial charge in [-0.2, -0.15) is 0 Å². The SMILES string of the molecule is C=CCCCOc1c(F)cccc1CNC(C)(C)C. The van der Waals surface area contributed by atoms with Crippen molar-refractivity contribution in [2.45, 2.75) is 45.7 Å². The fourth-order valence-corrected chi connectivity index (χ4v) is 1.62. The number of nitrogens with one attached hydrogen (secondary N) is 1. The molecule has 19 heavy (non-hydrogen) atoms. The van der Waals surface area contributed by atoms with E-state index in [1.807, 2.05) is 12.1 Å². The number of hydrogen-bond acceptors (Lipinski definition) is 2. The molecule has 0 amide bonds. The molecule has 106 valence electrons. The van der Waals surface area contributed by atoms with Gasteiger partial charge in [-0.05, 0) is 39.7 Å². The Hall–Kier alpha value is -1.35. The van der Waals surface area contributed by atoms with Crippen molar-refractivity contribution in [1.29, 1.82) is 0 Å². The first-order valence-electron chi connectivity index (χ1n) is 6.70. The van der Waals surface area contributed by atoms with Gasteiger partial charge in [0.2, 0.25) is 0 Å². The average molecular weight is 265 g/mol. The topological polar surface area (TPSA) is 21.3 Å². The van der Waals surface area contributed by atoms with E-state index in [2.05, 4.69) is 32.7 Å². The van der Waals surface area contributed by atoms with Crippen LogP contribution in [0.25, 0.3) is 0 Å². The lowest BCUT2D eigenvalue weighted by atomic mass is 10.1. The van der Waals surface area contributed by atoms with Gasteiger partial charge in [-0.1, -0.05) is 18.2 Å². The summed E-state index contributed by atoms with van der Waals surface area (Å²) in [6.45, 7) is 11.0. The van der Waals surface area contributed by atoms with E-state index in [4.69, 9.17) is 4.74 Å². The molecule has 0 saturated heterocycles. The van der Waals surface area contributed by atoms with Crippen molar-refractivity contribution in [2.24, 2.45) is 0 Å². The van der Waals surface area contributed by atoms with E-state index in [1.54, 1.807) is 6.07 Å². The molecule has 1 aromatic rings. The van der Waals surface area contributed by atoms with Crippen LogP contribution >= 0.6 is 0 Å². The van der Waals surface area contributed by atoms with Gasteiger partial charge >= 0.3 is 0 Å². The second kappa shape index (κ2) is 7.29. The van der Waals surface area contributed by atoms with Gasteiger partial charge < -0.3 is 10.1 Å². The molecule has 0 fully saturated rings. The Morgan fingerprint density at radius 3 is 2.74 bits per heavy atom. The Bertz CT molecular complexity index is 410. The number of para-hydroxylation sites is 1. The molecule has 0 heterocycles. The second-order valence-electron chi connectivity index (χ2n) is 5.61. The first kappa shape index (κ1) is 15.7. The van der Waals surface area contributed by atoms with Crippen molar-refractivity contribution < 1.29 is 9.13 Å². The summed E-state index contributed by atoms with van der Waals surface area (Å²) in [6, 6.07) is 5.04. The lowest BCUT2D eigenvalue weighted by Crippen LogP contribution is -2.35. The Labute approximate surface area is 115 Å². The number of ether oxygens (including phenoxy) is 1. The summed E-state index contributed by atoms with van der Waals surface area (Å²) in [5, 5.41) is 3.34. The lowest BCUT2D eigenvalue weighted by Gasteiger charge is -2.21. The number of rotatable bonds is 7. The average Bonchev–Trinajstić information content (AvgIpc) is 2.33. The third kappa shape index (κ3) is 5.88. The summed E-state index contributed by atoms with van der Waals surface area (Å²) in [5.41, 5.74) is 0.848. The Balaban J connectivity index is 2.69. The standard InChI is InChI=1S/C16H24FNO/c1-5-6-7-11-19-15-13(9-8-10-14(15)17)12-18-16(2,3)4/h5,8-10,18H,1,6-7,11-12H2,2-4H3. The predicted octanol–water partition coefficient (Wildman–Crippen LogP) is 4.06. The molecule has 0 spiro atoms. The maximum absolute atomic E-state index is 13.8. The van der Waals surface area contributed by atoms with Gasteiger partial charge in [0.15, 0.2) is 11.6 Å². The summed E-state index contributed by atoms with van der Waals surface area (Å²) in [5.74, 6) is 0.0649. The molecular weight excluding hydrogens is 241 g/mol. The summed E-state index contributed by atoms with van der Waals surface area (Å²) < 4.78 is 19.4. The van der Waals surface area contributed by atoms with E-state index < -0.39 is 0 Å². The fraction of sp³-hybridized carbons (Fsp3) is 0.500. The van der Waals surface area contributed by atoms with Gasteiger partial charge in [0.05, 0.1) is 6.61 Å². The highest BCUT2D eigenvalue weighted by Gasteiger charge is 2.13. The largest absolute Gasteiger partial charge is 0.490 e.